The number of halogens is 4. The second-order valence-corrected chi connectivity index (χ2v) is 23.6. The molecule has 0 fully saturated rings. The van der Waals surface area contributed by atoms with Crippen molar-refractivity contribution in [3.05, 3.63) is 126 Å². The fourth-order valence-corrected chi connectivity index (χ4v) is 11.9. The summed E-state index contributed by atoms with van der Waals surface area (Å²) < 4.78 is 89.6. The highest BCUT2D eigenvalue weighted by molar-refractivity contribution is 7.89. The zero-order valence-corrected chi connectivity index (χ0v) is 47.7. The number of carbonyl (C=O) groups is 2. The molecule has 3 atom stereocenters. The van der Waals surface area contributed by atoms with E-state index in [0.717, 1.165) is 46.5 Å². The van der Waals surface area contributed by atoms with Crippen LogP contribution in [0.3, 0.4) is 0 Å². The number of sulfonamides is 2. The second-order valence-electron chi connectivity index (χ2n) is 18.4. The van der Waals surface area contributed by atoms with Crippen LogP contribution in [0.15, 0.2) is 82.6 Å². The van der Waals surface area contributed by atoms with E-state index in [9.17, 15) is 31.5 Å². The molecule has 19 nitrogen and oxygen atoms in total. The van der Waals surface area contributed by atoms with Crippen LogP contribution in [0, 0.1) is 0 Å². The van der Waals surface area contributed by atoms with Crippen LogP contribution in [0.25, 0.3) is 0 Å². The normalized spacial score (nSPS) is 16.5. The van der Waals surface area contributed by atoms with E-state index >= 15 is 0 Å². The molecular weight excluding hydrogens is 1120 g/mol. The van der Waals surface area contributed by atoms with Crippen molar-refractivity contribution < 1.29 is 60.0 Å². The molecule has 77 heavy (non-hydrogen) atoms. The number of nitrogens with one attached hydrogen (secondary N) is 4. The SMILES string of the molecule is CN1Cc2c(Cl)cc(Cl)cc2[C@H](c2ccc(S(=O)(=O)NCCOCCOCCOCCNC(=O)C[C@H](O)C(=O)NCCOCCOCCOCCNS(=O)(=O)c3ccc([C@@H]4CN(C)Cc5c(Cl)cc(Cl)cc54)cc3)cc2)C1. The summed E-state index contributed by atoms with van der Waals surface area (Å²) in [6, 6.07) is 21.0. The molecule has 4 aromatic rings. The Balaban J connectivity index is 0.693. The van der Waals surface area contributed by atoms with Crippen molar-refractivity contribution in [1.82, 2.24) is 29.9 Å². The van der Waals surface area contributed by atoms with E-state index in [1.165, 1.54) is 0 Å². The largest absolute Gasteiger partial charge is 0.383 e. The van der Waals surface area contributed by atoms with Crippen molar-refractivity contribution in [2.75, 3.05) is 133 Å². The molecule has 5 N–H and O–H groups in total. The van der Waals surface area contributed by atoms with Gasteiger partial charge in [-0.2, -0.15) is 0 Å². The Kier molecular flexibility index (Phi) is 25.6. The van der Waals surface area contributed by atoms with Gasteiger partial charge in [-0.3, -0.25) is 9.59 Å². The van der Waals surface area contributed by atoms with Gasteiger partial charge in [-0.05, 0) is 96.0 Å². The highest BCUT2D eigenvalue weighted by Crippen LogP contribution is 2.40. The minimum Gasteiger partial charge on any atom is -0.383 e. The van der Waals surface area contributed by atoms with Crippen LogP contribution in [-0.2, 0) is 71.1 Å². The van der Waals surface area contributed by atoms with Crippen molar-refractivity contribution in [2.45, 2.75) is 47.2 Å². The summed E-state index contributed by atoms with van der Waals surface area (Å²) in [5, 5.41) is 17.6. The Hall–Kier alpha value is -3.56. The zero-order chi connectivity index (χ0) is 55.4. The van der Waals surface area contributed by atoms with E-state index in [-0.39, 0.29) is 127 Å². The van der Waals surface area contributed by atoms with E-state index in [1.54, 1.807) is 36.4 Å². The molecule has 25 heteroatoms. The molecule has 424 valence electrons. The molecule has 2 aliphatic rings. The van der Waals surface area contributed by atoms with E-state index in [1.807, 2.05) is 50.5 Å². The maximum absolute atomic E-state index is 12.9. The first-order valence-corrected chi connectivity index (χ1v) is 29.6. The third kappa shape index (κ3) is 19.9. The van der Waals surface area contributed by atoms with E-state index in [0.29, 0.717) is 33.2 Å². The molecule has 0 saturated heterocycles. The highest BCUT2D eigenvalue weighted by atomic mass is 35.5. The number of ether oxygens (including phenoxy) is 6. The summed E-state index contributed by atoms with van der Waals surface area (Å²) in [6.45, 7) is 6.00. The fraction of sp³-hybridized carbons (Fsp3) is 0.500. The van der Waals surface area contributed by atoms with Gasteiger partial charge in [-0.15, -0.1) is 0 Å². The molecule has 0 aromatic heterocycles. The molecular formula is C52H68Cl4N6O13S2. The summed E-state index contributed by atoms with van der Waals surface area (Å²) in [4.78, 5) is 29.0. The van der Waals surface area contributed by atoms with Gasteiger partial charge in [0.25, 0.3) is 0 Å². The third-order valence-corrected chi connectivity index (χ3v) is 16.6. The Morgan fingerprint density at radius 2 is 0.896 bits per heavy atom. The molecule has 0 saturated carbocycles. The third-order valence-electron chi connectivity index (χ3n) is 12.5. The summed E-state index contributed by atoms with van der Waals surface area (Å²) in [6.07, 6.45) is -1.97. The molecule has 0 bridgehead atoms. The first kappa shape index (κ1) is 62.6. The van der Waals surface area contributed by atoms with Gasteiger partial charge in [0, 0.05) is 84.3 Å². The lowest BCUT2D eigenvalue weighted by Crippen LogP contribution is -2.40. The second kappa shape index (κ2) is 31.4. The van der Waals surface area contributed by atoms with E-state index in [4.69, 9.17) is 74.8 Å². The molecule has 2 aliphatic heterocycles. The Bertz CT molecular complexity index is 2770. The number of hydrogen-bond donors (Lipinski definition) is 5. The molecule has 0 aliphatic carbocycles. The number of hydrogen-bond acceptors (Lipinski definition) is 15. The molecule has 6 rings (SSSR count). The van der Waals surface area contributed by atoms with Gasteiger partial charge >= 0.3 is 0 Å². The van der Waals surface area contributed by atoms with Gasteiger partial charge < -0.3 is 54.0 Å². The number of amides is 2. The van der Waals surface area contributed by atoms with Crippen molar-refractivity contribution in [1.29, 1.82) is 0 Å². The summed E-state index contributed by atoms with van der Waals surface area (Å²) in [5.41, 5.74) is 6.04. The number of benzene rings is 4. The predicted octanol–water partition coefficient (Wildman–Crippen LogP) is 4.79. The predicted molar refractivity (Wildman–Crippen MR) is 294 cm³/mol. The zero-order valence-electron chi connectivity index (χ0n) is 43.1. The van der Waals surface area contributed by atoms with Crippen molar-refractivity contribution in [3.8, 4) is 0 Å². The van der Waals surface area contributed by atoms with Crippen LogP contribution < -0.4 is 20.1 Å². The average Bonchev–Trinajstić information content (AvgIpc) is 3.41. The number of carbonyl (C=O) groups excluding carboxylic acids is 2. The van der Waals surface area contributed by atoms with E-state index in [2.05, 4.69) is 29.9 Å². The average molecular weight is 1190 g/mol. The van der Waals surface area contributed by atoms with E-state index < -0.39 is 44.4 Å². The summed E-state index contributed by atoms with van der Waals surface area (Å²) in [7, 11) is -3.48. The van der Waals surface area contributed by atoms with Crippen LogP contribution in [0.2, 0.25) is 20.1 Å². The first-order valence-electron chi connectivity index (χ1n) is 25.1. The van der Waals surface area contributed by atoms with Crippen molar-refractivity contribution >= 4 is 78.3 Å². The highest BCUT2D eigenvalue weighted by Gasteiger charge is 2.29. The topological polar surface area (TPSA) is 233 Å². The minimum atomic E-state index is -3.76. The Morgan fingerprint density at radius 3 is 1.29 bits per heavy atom. The smallest absolute Gasteiger partial charge is 0.249 e. The van der Waals surface area contributed by atoms with Crippen LogP contribution in [0.5, 0.6) is 0 Å². The Labute approximate surface area is 471 Å². The van der Waals surface area contributed by atoms with Crippen LogP contribution in [0.1, 0.15) is 51.6 Å². The molecule has 4 aromatic carbocycles. The number of rotatable bonds is 33. The standard InChI is InChI=1S/C52H68Cl4N6O13S2/c1-61-32-44(42-27-38(53)29-48(55)46(42)34-61)36-3-7-40(8-4-36)76(66,67)59-13-17-72-21-25-74-23-19-70-15-11-57-51(64)31-50(63)52(65)58-12-16-71-20-24-75-26-22-73-18-14-60-77(68,69)41-9-5-37(6-10-41)45-33-62(2)35-47-43(45)28-39(54)30-49(47)56/h3-10,27-30,44-45,50,59-60,63H,11-26,31-35H2,1-2H3,(H,57,64)(H,58,65)/t44-,45-,50-/m0/s1. The number of fused-ring (bicyclic) bond motifs is 2. The fourth-order valence-electron chi connectivity index (χ4n) is 8.73. The molecule has 0 unspecified atom stereocenters. The lowest BCUT2D eigenvalue weighted by atomic mass is 9.85. The van der Waals surface area contributed by atoms with Crippen molar-refractivity contribution in [3.63, 3.8) is 0 Å². The quantitative estimate of drug-likeness (QED) is 0.0404. The van der Waals surface area contributed by atoms with Crippen LogP contribution in [0.4, 0.5) is 0 Å². The monoisotopic (exact) mass is 1190 g/mol. The number of nitrogens with zero attached hydrogens (tertiary/aromatic N) is 2. The maximum Gasteiger partial charge on any atom is 0.249 e. The molecule has 0 radical (unpaired) electrons. The van der Waals surface area contributed by atoms with Gasteiger partial charge in [0.1, 0.15) is 6.10 Å². The minimum absolute atomic E-state index is 0.00691. The molecule has 2 amide bonds. The lowest BCUT2D eigenvalue weighted by molar-refractivity contribution is -0.134. The van der Waals surface area contributed by atoms with Gasteiger partial charge in [0.2, 0.25) is 31.9 Å². The number of likely N-dealkylation sites (N-methyl/N-ethyl adjacent to an activating group) is 2. The first-order chi connectivity index (χ1) is 36.9. The van der Waals surface area contributed by atoms with Crippen LogP contribution in [-0.4, -0.2) is 182 Å². The summed E-state index contributed by atoms with van der Waals surface area (Å²) >= 11 is 25.6. The van der Waals surface area contributed by atoms with Crippen molar-refractivity contribution in [2.24, 2.45) is 0 Å². The number of aliphatic hydroxyl groups excluding tert-OH is 1. The Morgan fingerprint density at radius 1 is 0.545 bits per heavy atom. The van der Waals surface area contributed by atoms with Crippen LogP contribution >= 0.6 is 46.4 Å². The lowest BCUT2D eigenvalue weighted by Gasteiger charge is -2.33. The van der Waals surface area contributed by atoms with Gasteiger partial charge in [0.05, 0.1) is 95.5 Å². The van der Waals surface area contributed by atoms with Gasteiger partial charge in [-0.1, -0.05) is 70.7 Å². The maximum atomic E-state index is 12.9. The molecule has 2 heterocycles. The van der Waals surface area contributed by atoms with Gasteiger partial charge in [-0.25, -0.2) is 26.3 Å². The number of aliphatic hydroxyl groups is 1. The summed E-state index contributed by atoms with van der Waals surface area (Å²) in [5.74, 6) is -1.25. The van der Waals surface area contributed by atoms with Gasteiger partial charge in [0.15, 0.2) is 0 Å². The molecule has 0 spiro atoms.